The Labute approximate surface area is 105 Å². The van der Waals surface area contributed by atoms with Gasteiger partial charge in [0.05, 0.1) is 0 Å². The minimum absolute atomic E-state index is 0.149. The van der Waals surface area contributed by atoms with Crippen LogP contribution in [0.3, 0.4) is 0 Å². The van der Waals surface area contributed by atoms with Gasteiger partial charge in [-0.05, 0) is 46.6 Å². The van der Waals surface area contributed by atoms with Crippen molar-refractivity contribution in [2.45, 2.75) is 71.4 Å². The fraction of sp³-hybridized carbons (Fsp3) is 0.929. The van der Waals surface area contributed by atoms with Crippen LogP contribution in [0.4, 0.5) is 0 Å². The highest BCUT2D eigenvalue weighted by Gasteiger charge is 2.21. The molecule has 3 heteroatoms. The summed E-state index contributed by atoms with van der Waals surface area (Å²) in [7, 11) is 0. The Hall–Kier alpha value is -0.570. The first-order valence-electron chi connectivity index (χ1n) is 6.85. The first-order valence-corrected chi connectivity index (χ1v) is 6.85. The summed E-state index contributed by atoms with van der Waals surface area (Å²) in [5.41, 5.74) is -0.390. The number of nitrogens with one attached hydrogen (secondary N) is 1. The van der Waals surface area contributed by atoms with Crippen LogP contribution in [-0.4, -0.2) is 24.2 Å². The Bertz CT molecular complexity index is 239. The van der Waals surface area contributed by atoms with Gasteiger partial charge in [-0.3, -0.25) is 4.79 Å². The van der Waals surface area contributed by atoms with E-state index in [9.17, 15) is 4.79 Å². The zero-order valence-electron chi connectivity index (χ0n) is 11.7. The molecule has 0 aromatic carbocycles. The lowest BCUT2D eigenvalue weighted by Crippen LogP contribution is -2.39. The number of rotatable bonds is 5. The van der Waals surface area contributed by atoms with E-state index in [4.69, 9.17) is 4.74 Å². The van der Waals surface area contributed by atoms with E-state index in [0.29, 0.717) is 0 Å². The van der Waals surface area contributed by atoms with Crippen molar-refractivity contribution in [2.24, 2.45) is 5.92 Å². The Morgan fingerprint density at radius 3 is 2.47 bits per heavy atom. The molecule has 0 aromatic rings. The Kier molecular flexibility index (Phi) is 5.44. The van der Waals surface area contributed by atoms with Crippen molar-refractivity contribution < 1.29 is 9.53 Å². The van der Waals surface area contributed by atoms with E-state index in [1.807, 2.05) is 27.7 Å². The van der Waals surface area contributed by atoms with Gasteiger partial charge in [-0.25, -0.2) is 0 Å². The van der Waals surface area contributed by atoms with E-state index in [-0.39, 0.29) is 12.0 Å². The monoisotopic (exact) mass is 241 g/mol. The summed E-state index contributed by atoms with van der Waals surface area (Å²) >= 11 is 0. The molecule has 0 aliphatic heterocycles. The van der Waals surface area contributed by atoms with Gasteiger partial charge in [0.15, 0.2) is 0 Å². The lowest BCUT2D eigenvalue weighted by molar-refractivity contribution is -0.156. The topological polar surface area (TPSA) is 38.3 Å². The van der Waals surface area contributed by atoms with Crippen LogP contribution in [0.2, 0.25) is 0 Å². The van der Waals surface area contributed by atoms with E-state index in [2.05, 4.69) is 5.32 Å². The standard InChI is InChI=1S/C14H27NO2/c1-11(13(16)17-14(2,3)4)15-10-9-12-7-5-6-8-12/h11-12,15H,5-10H2,1-4H3. The third-order valence-corrected chi connectivity index (χ3v) is 3.24. The van der Waals surface area contributed by atoms with Crippen LogP contribution in [0.1, 0.15) is 59.8 Å². The van der Waals surface area contributed by atoms with Crippen LogP contribution in [0.5, 0.6) is 0 Å². The molecule has 1 aliphatic rings. The highest BCUT2D eigenvalue weighted by Crippen LogP contribution is 2.26. The summed E-state index contributed by atoms with van der Waals surface area (Å²) in [6.07, 6.45) is 6.68. The first kappa shape index (κ1) is 14.5. The number of carbonyl (C=O) groups excluding carboxylic acids is 1. The number of ether oxygens (including phenoxy) is 1. The van der Waals surface area contributed by atoms with Gasteiger partial charge in [-0.1, -0.05) is 25.7 Å². The van der Waals surface area contributed by atoms with Crippen LogP contribution in [0.15, 0.2) is 0 Å². The predicted molar refractivity (Wildman–Crippen MR) is 69.9 cm³/mol. The maximum atomic E-state index is 11.7. The van der Waals surface area contributed by atoms with Crippen molar-refractivity contribution in [1.29, 1.82) is 0 Å². The van der Waals surface area contributed by atoms with Crippen LogP contribution in [-0.2, 0) is 9.53 Å². The smallest absolute Gasteiger partial charge is 0.323 e. The first-order chi connectivity index (χ1) is 7.88. The van der Waals surface area contributed by atoms with E-state index in [1.165, 1.54) is 32.1 Å². The van der Waals surface area contributed by atoms with E-state index < -0.39 is 5.60 Å². The van der Waals surface area contributed by atoms with Crippen LogP contribution in [0.25, 0.3) is 0 Å². The van der Waals surface area contributed by atoms with Gasteiger partial charge in [0.1, 0.15) is 11.6 Å². The van der Waals surface area contributed by atoms with Crippen molar-refractivity contribution in [2.75, 3.05) is 6.54 Å². The fourth-order valence-corrected chi connectivity index (χ4v) is 2.28. The second-order valence-electron chi connectivity index (χ2n) is 6.15. The Morgan fingerprint density at radius 1 is 1.35 bits per heavy atom. The molecule has 1 atom stereocenters. The maximum Gasteiger partial charge on any atom is 0.323 e. The zero-order valence-corrected chi connectivity index (χ0v) is 11.7. The molecule has 0 aromatic heterocycles. The Morgan fingerprint density at radius 2 is 1.94 bits per heavy atom. The van der Waals surface area contributed by atoms with Crippen LogP contribution in [0, 0.1) is 5.92 Å². The van der Waals surface area contributed by atoms with Crippen molar-refractivity contribution in [3.63, 3.8) is 0 Å². The SMILES string of the molecule is CC(NCCC1CCCC1)C(=O)OC(C)(C)C. The van der Waals surface area contributed by atoms with Crippen LogP contribution >= 0.6 is 0 Å². The lowest BCUT2D eigenvalue weighted by atomic mass is 10.0. The largest absolute Gasteiger partial charge is 0.459 e. The van der Waals surface area contributed by atoms with Gasteiger partial charge in [0.2, 0.25) is 0 Å². The maximum absolute atomic E-state index is 11.7. The van der Waals surface area contributed by atoms with Crippen molar-refractivity contribution in [3.8, 4) is 0 Å². The van der Waals surface area contributed by atoms with Gasteiger partial charge in [-0.2, -0.15) is 0 Å². The van der Waals surface area contributed by atoms with Gasteiger partial charge in [0.25, 0.3) is 0 Å². The molecule has 0 spiro atoms. The molecule has 1 aliphatic carbocycles. The molecule has 1 unspecified atom stereocenters. The number of esters is 1. The average molecular weight is 241 g/mol. The second kappa shape index (κ2) is 6.39. The van der Waals surface area contributed by atoms with E-state index in [1.54, 1.807) is 0 Å². The molecular formula is C14H27NO2. The fourth-order valence-electron chi connectivity index (χ4n) is 2.28. The molecule has 0 bridgehead atoms. The molecule has 0 saturated heterocycles. The van der Waals surface area contributed by atoms with Gasteiger partial charge in [-0.15, -0.1) is 0 Å². The summed E-state index contributed by atoms with van der Waals surface area (Å²) in [6.45, 7) is 8.50. The summed E-state index contributed by atoms with van der Waals surface area (Å²) < 4.78 is 5.32. The minimum atomic E-state index is -0.390. The predicted octanol–water partition coefficient (Wildman–Crippen LogP) is 2.89. The molecule has 100 valence electrons. The average Bonchev–Trinajstić information content (AvgIpc) is 2.67. The van der Waals surface area contributed by atoms with Gasteiger partial charge >= 0.3 is 5.97 Å². The second-order valence-corrected chi connectivity index (χ2v) is 6.15. The van der Waals surface area contributed by atoms with Crippen molar-refractivity contribution in [1.82, 2.24) is 5.32 Å². The van der Waals surface area contributed by atoms with Gasteiger partial charge in [0, 0.05) is 0 Å². The summed E-state index contributed by atoms with van der Waals surface area (Å²) in [5.74, 6) is 0.720. The molecule has 17 heavy (non-hydrogen) atoms. The van der Waals surface area contributed by atoms with E-state index >= 15 is 0 Å². The molecule has 0 heterocycles. The van der Waals surface area contributed by atoms with Crippen molar-refractivity contribution in [3.05, 3.63) is 0 Å². The molecule has 0 radical (unpaired) electrons. The molecule has 0 amide bonds. The highest BCUT2D eigenvalue weighted by molar-refractivity contribution is 5.75. The zero-order chi connectivity index (χ0) is 12.9. The number of hydrogen-bond donors (Lipinski definition) is 1. The molecule has 1 fully saturated rings. The number of hydrogen-bond acceptors (Lipinski definition) is 3. The quantitative estimate of drug-likeness (QED) is 0.752. The minimum Gasteiger partial charge on any atom is -0.459 e. The number of carbonyl (C=O) groups is 1. The lowest BCUT2D eigenvalue weighted by Gasteiger charge is -2.23. The summed E-state index contributed by atoms with van der Waals surface area (Å²) in [6, 6.07) is -0.198. The van der Waals surface area contributed by atoms with E-state index in [0.717, 1.165) is 12.5 Å². The van der Waals surface area contributed by atoms with Crippen molar-refractivity contribution >= 4 is 5.97 Å². The molecule has 3 nitrogen and oxygen atoms in total. The molecule has 1 N–H and O–H groups in total. The summed E-state index contributed by atoms with van der Waals surface area (Å²) in [4.78, 5) is 11.7. The molecule has 1 saturated carbocycles. The third kappa shape index (κ3) is 6.06. The normalized spacial score (nSPS) is 19.3. The summed E-state index contributed by atoms with van der Waals surface area (Å²) in [5, 5.41) is 3.26. The Balaban J connectivity index is 2.15. The van der Waals surface area contributed by atoms with Crippen LogP contribution < -0.4 is 5.32 Å². The van der Waals surface area contributed by atoms with Gasteiger partial charge < -0.3 is 10.1 Å². The molecule has 1 rings (SSSR count). The highest BCUT2D eigenvalue weighted by atomic mass is 16.6. The third-order valence-electron chi connectivity index (χ3n) is 3.24. The molecular weight excluding hydrogens is 214 g/mol.